The van der Waals surface area contributed by atoms with Gasteiger partial charge in [-0.15, -0.1) is 0 Å². The van der Waals surface area contributed by atoms with E-state index in [1.54, 1.807) is 0 Å². The number of rotatable bonds is 3. The maximum Gasteiger partial charge on any atom is 0.0622 e. The average Bonchev–Trinajstić information content (AvgIpc) is 2.79. The summed E-state index contributed by atoms with van der Waals surface area (Å²) < 4.78 is 5.63. The summed E-state index contributed by atoms with van der Waals surface area (Å²) in [4.78, 5) is 2.75. The van der Waals surface area contributed by atoms with Gasteiger partial charge >= 0.3 is 0 Å². The van der Waals surface area contributed by atoms with Crippen LogP contribution < -0.4 is 5.32 Å². The average molecular weight is 268 g/mol. The minimum Gasteiger partial charge on any atom is -0.380 e. The molecule has 2 aliphatic heterocycles. The van der Waals surface area contributed by atoms with E-state index in [0.717, 1.165) is 25.7 Å². The normalized spacial score (nSPS) is 34.1. The first-order valence-electron chi connectivity index (χ1n) is 7.95. The zero-order chi connectivity index (χ0) is 14.0. The minimum absolute atomic E-state index is 0.332. The molecule has 0 aromatic heterocycles. The molecular formula is C16H32N2O. The van der Waals surface area contributed by atoms with E-state index < -0.39 is 0 Å². The maximum atomic E-state index is 5.63. The topological polar surface area (TPSA) is 24.5 Å². The molecule has 2 aliphatic rings. The second kappa shape index (κ2) is 6.11. The van der Waals surface area contributed by atoms with E-state index in [0.29, 0.717) is 23.5 Å². The number of ether oxygens (including phenoxy) is 1. The van der Waals surface area contributed by atoms with Gasteiger partial charge in [-0.3, -0.25) is 4.90 Å². The lowest BCUT2D eigenvalue weighted by Crippen LogP contribution is -2.63. The summed E-state index contributed by atoms with van der Waals surface area (Å²) in [5.74, 6) is 0.769. The molecule has 0 spiro atoms. The van der Waals surface area contributed by atoms with Gasteiger partial charge in [-0.05, 0) is 24.2 Å². The molecule has 2 saturated heterocycles. The van der Waals surface area contributed by atoms with E-state index in [1.807, 2.05) is 0 Å². The van der Waals surface area contributed by atoms with Gasteiger partial charge in [-0.2, -0.15) is 0 Å². The highest BCUT2D eigenvalue weighted by molar-refractivity contribution is 4.96. The Morgan fingerprint density at radius 1 is 1.32 bits per heavy atom. The standard InChI is InChI=1S/C16H32N2O/c1-12(2)8-13-10-18(14-6-7-19-11-14)15(9-17-13)16(3,4)5/h12-15,17H,6-11H2,1-5H3. The first kappa shape index (κ1) is 15.3. The molecule has 0 aliphatic carbocycles. The third-order valence-electron chi connectivity index (χ3n) is 4.56. The molecule has 1 N–H and O–H groups in total. The fraction of sp³-hybridized carbons (Fsp3) is 1.00. The lowest BCUT2D eigenvalue weighted by atomic mass is 9.82. The molecule has 2 rings (SSSR count). The molecule has 2 fully saturated rings. The first-order chi connectivity index (χ1) is 8.88. The Hall–Kier alpha value is -0.120. The second-order valence-corrected chi connectivity index (χ2v) is 7.83. The molecule has 0 aromatic carbocycles. The van der Waals surface area contributed by atoms with Crippen LogP contribution in [0.4, 0.5) is 0 Å². The van der Waals surface area contributed by atoms with Gasteiger partial charge in [0.2, 0.25) is 0 Å². The summed E-state index contributed by atoms with van der Waals surface area (Å²) >= 11 is 0. The van der Waals surface area contributed by atoms with E-state index >= 15 is 0 Å². The van der Waals surface area contributed by atoms with Crippen molar-refractivity contribution >= 4 is 0 Å². The Kier molecular flexibility index (Phi) is 4.91. The van der Waals surface area contributed by atoms with Gasteiger partial charge in [0.15, 0.2) is 0 Å². The molecule has 3 atom stereocenters. The monoisotopic (exact) mass is 268 g/mol. The fourth-order valence-corrected chi connectivity index (χ4v) is 3.56. The van der Waals surface area contributed by atoms with Crippen molar-refractivity contribution in [3.05, 3.63) is 0 Å². The molecule has 19 heavy (non-hydrogen) atoms. The maximum absolute atomic E-state index is 5.63. The van der Waals surface area contributed by atoms with E-state index in [1.165, 1.54) is 19.4 Å². The Balaban J connectivity index is 2.05. The zero-order valence-electron chi connectivity index (χ0n) is 13.4. The fourth-order valence-electron chi connectivity index (χ4n) is 3.56. The van der Waals surface area contributed by atoms with Gasteiger partial charge in [-0.25, -0.2) is 0 Å². The molecule has 0 aromatic rings. The van der Waals surface area contributed by atoms with Crippen molar-refractivity contribution < 1.29 is 4.74 Å². The smallest absolute Gasteiger partial charge is 0.0622 e. The van der Waals surface area contributed by atoms with E-state index in [9.17, 15) is 0 Å². The van der Waals surface area contributed by atoms with Crippen LogP contribution in [0.25, 0.3) is 0 Å². The molecular weight excluding hydrogens is 236 g/mol. The number of hydrogen-bond donors (Lipinski definition) is 1. The summed E-state index contributed by atoms with van der Waals surface area (Å²) in [6, 6.07) is 1.92. The Morgan fingerprint density at radius 2 is 2.05 bits per heavy atom. The highest BCUT2D eigenvalue weighted by Gasteiger charge is 2.39. The molecule has 0 saturated carbocycles. The van der Waals surface area contributed by atoms with E-state index in [4.69, 9.17) is 4.74 Å². The largest absolute Gasteiger partial charge is 0.380 e. The molecule has 0 radical (unpaired) electrons. The summed E-state index contributed by atoms with van der Waals surface area (Å²) in [6.07, 6.45) is 2.49. The molecule has 3 nitrogen and oxygen atoms in total. The van der Waals surface area contributed by atoms with E-state index in [-0.39, 0.29) is 0 Å². The lowest BCUT2D eigenvalue weighted by Gasteiger charge is -2.49. The van der Waals surface area contributed by atoms with Gasteiger partial charge < -0.3 is 10.1 Å². The van der Waals surface area contributed by atoms with Crippen LogP contribution in [0, 0.1) is 11.3 Å². The Labute approximate surface area is 119 Å². The van der Waals surface area contributed by atoms with Crippen molar-refractivity contribution in [2.24, 2.45) is 11.3 Å². The van der Waals surface area contributed by atoms with Gasteiger partial charge in [0.1, 0.15) is 0 Å². The quantitative estimate of drug-likeness (QED) is 0.851. The predicted molar refractivity (Wildman–Crippen MR) is 80.4 cm³/mol. The van der Waals surface area contributed by atoms with Crippen LogP contribution in [0.3, 0.4) is 0 Å². The van der Waals surface area contributed by atoms with Crippen LogP contribution in [-0.2, 0) is 4.74 Å². The minimum atomic E-state index is 0.332. The van der Waals surface area contributed by atoms with Crippen molar-refractivity contribution in [1.82, 2.24) is 10.2 Å². The van der Waals surface area contributed by atoms with Crippen LogP contribution in [-0.4, -0.2) is 49.3 Å². The number of nitrogens with one attached hydrogen (secondary N) is 1. The number of nitrogens with zero attached hydrogens (tertiary/aromatic N) is 1. The van der Waals surface area contributed by atoms with Crippen molar-refractivity contribution in [1.29, 1.82) is 0 Å². The van der Waals surface area contributed by atoms with Crippen molar-refractivity contribution in [3.63, 3.8) is 0 Å². The van der Waals surface area contributed by atoms with Crippen molar-refractivity contribution in [3.8, 4) is 0 Å². The summed E-state index contributed by atoms with van der Waals surface area (Å²) in [5, 5.41) is 3.78. The third-order valence-corrected chi connectivity index (χ3v) is 4.56. The van der Waals surface area contributed by atoms with E-state index in [2.05, 4.69) is 44.8 Å². The SMILES string of the molecule is CC(C)CC1CN(C2CCOC2)C(C(C)(C)C)CN1. The van der Waals surface area contributed by atoms with Crippen molar-refractivity contribution in [2.75, 3.05) is 26.3 Å². The highest BCUT2D eigenvalue weighted by atomic mass is 16.5. The second-order valence-electron chi connectivity index (χ2n) is 7.83. The Morgan fingerprint density at radius 3 is 2.58 bits per heavy atom. The summed E-state index contributed by atoms with van der Waals surface area (Å²) in [5.41, 5.74) is 0.332. The highest BCUT2D eigenvalue weighted by Crippen LogP contribution is 2.30. The molecule has 112 valence electrons. The predicted octanol–water partition coefficient (Wildman–Crippen LogP) is 2.51. The van der Waals surface area contributed by atoms with Gasteiger partial charge in [-0.1, -0.05) is 34.6 Å². The van der Waals surface area contributed by atoms with Crippen LogP contribution in [0.2, 0.25) is 0 Å². The molecule has 2 heterocycles. The number of piperazine rings is 1. The molecule has 3 heteroatoms. The van der Waals surface area contributed by atoms with Gasteiger partial charge in [0, 0.05) is 37.8 Å². The zero-order valence-corrected chi connectivity index (χ0v) is 13.4. The van der Waals surface area contributed by atoms with Gasteiger partial charge in [0.25, 0.3) is 0 Å². The van der Waals surface area contributed by atoms with Crippen molar-refractivity contribution in [2.45, 2.75) is 65.6 Å². The van der Waals surface area contributed by atoms with Crippen LogP contribution in [0.15, 0.2) is 0 Å². The lowest BCUT2D eigenvalue weighted by molar-refractivity contribution is 0.0132. The summed E-state index contributed by atoms with van der Waals surface area (Å²) in [7, 11) is 0. The molecule has 3 unspecified atom stereocenters. The van der Waals surface area contributed by atoms with Crippen LogP contribution in [0.1, 0.15) is 47.5 Å². The first-order valence-corrected chi connectivity index (χ1v) is 7.95. The third kappa shape index (κ3) is 3.93. The molecule has 0 bridgehead atoms. The molecule has 0 amide bonds. The Bertz CT molecular complexity index is 279. The number of hydrogen-bond acceptors (Lipinski definition) is 3. The van der Waals surface area contributed by atoms with Crippen LogP contribution in [0.5, 0.6) is 0 Å². The van der Waals surface area contributed by atoms with Gasteiger partial charge in [0.05, 0.1) is 6.61 Å². The van der Waals surface area contributed by atoms with Crippen LogP contribution >= 0.6 is 0 Å². The summed E-state index contributed by atoms with van der Waals surface area (Å²) in [6.45, 7) is 15.9.